The van der Waals surface area contributed by atoms with Crippen molar-refractivity contribution in [2.75, 3.05) is 19.5 Å². The standard InChI is InChI=1S/C15H17BrN2O2/c1-10-6-13(19-2)7-12(18-10)9-17-11-4-5-15(20-3)14(16)8-11/h4-8,17H,9H2,1-3H3. The molecule has 0 amide bonds. The summed E-state index contributed by atoms with van der Waals surface area (Å²) in [4.78, 5) is 4.47. The van der Waals surface area contributed by atoms with Crippen LogP contribution >= 0.6 is 15.9 Å². The average Bonchev–Trinajstić information content (AvgIpc) is 2.44. The number of benzene rings is 1. The Kier molecular flexibility index (Phi) is 4.84. The fourth-order valence-corrected chi connectivity index (χ4v) is 2.42. The van der Waals surface area contributed by atoms with Gasteiger partial charge in [-0.2, -0.15) is 0 Å². The Morgan fingerprint density at radius 2 is 1.95 bits per heavy atom. The Morgan fingerprint density at radius 3 is 2.60 bits per heavy atom. The van der Waals surface area contributed by atoms with E-state index in [1.807, 2.05) is 37.3 Å². The summed E-state index contributed by atoms with van der Waals surface area (Å²) in [6.45, 7) is 2.59. The normalized spacial score (nSPS) is 10.2. The molecule has 0 saturated carbocycles. The number of anilines is 1. The van der Waals surface area contributed by atoms with Crippen LogP contribution in [0.5, 0.6) is 11.5 Å². The van der Waals surface area contributed by atoms with Crippen molar-refractivity contribution >= 4 is 21.6 Å². The number of nitrogens with zero attached hydrogens (tertiary/aromatic N) is 1. The van der Waals surface area contributed by atoms with Crippen LogP contribution in [0.2, 0.25) is 0 Å². The van der Waals surface area contributed by atoms with Gasteiger partial charge in [0.15, 0.2) is 0 Å². The van der Waals surface area contributed by atoms with Crippen LogP contribution in [0.4, 0.5) is 5.69 Å². The van der Waals surface area contributed by atoms with Crippen LogP contribution in [0.1, 0.15) is 11.4 Å². The second kappa shape index (κ2) is 6.61. The molecule has 1 N–H and O–H groups in total. The highest BCUT2D eigenvalue weighted by Gasteiger charge is 2.03. The van der Waals surface area contributed by atoms with Crippen LogP contribution in [0.3, 0.4) is 0 Å². The fourth-order valence-electron chi connectivity index (χ4n) is 1.88. The summed E-state index contributed by atoms with van der Waals surface area (Å²) in [5.74, 6) is 1.64. The van der Waals surface area contributed by atoms with Crippen molar-refractivity contribution in [2.45, 2.75) is 13.5 Å². The second-order valence-corrected chi connectivity index (χ2v) is 5.20. The first-order chi connectivity index (χ1) is 9.62. The maximum Gasteiger partial charge on any atom is 0.133 e. The minimum absolute atomic E-state index is 0.636. The molecule has 0 aliphatic rings. The highest BCUT2D eigenvalue weighted by molar-refractivity contribution is 9.10. The Morgan fingerprint density at radius 1 is 1.15 bits per heavy atom. The van der Waals surface area contributed by atoms with Crippen LogP contribution in [0.25, 0.3) is 0 Å². The van der Waals surface area contributed by atoms with E-state index in [4.69, 9.17) is 9.47 Å². The molecule has 0 fully saturated rings. The van der Waals surface area contributed by atoms with Gasteiger partial charge in [-0.15, -0.1) is 0 Å². The lowest BCUT2D eigenvalue weighted by molar-refractivity contribution is 0.412. The van der Waals surface area contributed by atoms with E-state index in [1.54, 1.807) is 14.2 Å². The molecule has 0 aliphatic carbocycles. The van der Waals surface area contributed by atoms with Crippen molar-refractivity contribution in [3.05, 3.63) is 46.2 Å². The largest absolute Gasteiger partial charge is 0.497 e. The molecule has 0 unspecified atom stereocenters. The Labute approximate surface area is 127 Å². The molecule has 2 rings (SSSR count). The summed E-state index contributed by atoms with van der Waals surface area (Å²) in [6, 6.07) is 9.70. The molecule has 0 bridgehead atoms. The van der Waals surface area contributed by atoms with E-state index >= 15 is 0 Å². The molecule has 1 aromatic carbocycles. The van der Waals surface area contributed by atoms with Crippen molar-refractivity contribution in [2.24, 2.45) is 0 Å². The quantitative estimate of drug-likeness (QED) is 0.902. The Balaban J connectivity index is 2.08. The topological polar surface area (TPSA) is 43.4 Å². The molecule has 20 heavy (non-hydrogen) atoms. The molecule has 0 radical (unpaired) electrons. The van der Waals surface area contributed by atoms with E-state index in [0.29, 0.717) is 6.54 Å². The zero-order valence-electron chi connectivity index (χ0n) is 11.7. The van der Waals surface area contributed by atoms with Gasteiger partial charge in [0, 0.05) is 23.5 Å². The summed E-state index contributed by atoms with van der Waals surface area (Å²) in [6.07, 6.45) is 0. The maximum absolute atomic E-state index is 5.25. The molecule has 4 nitrogen and oxygen atoms in total. The number of rotatable bonds is 5. The summed E-state index contributed by atoms with van der Waals surface area (Å²) >= 11 is 3.47. The third-order valence-electron chi connectivity index (χ3n) is 2.84. The number of nitrogens with one attached hydrogen (secondary N) is 1. The third-order valence-corrected chi connectivity index (χ3v) is 3.46. The molecule has 0 spiro atoms. The number of hydrogen-bond acceptors (Lipinski definition) is 4. The Hall–Kier alpha value is -1.75. The second-order valence-electron chi connectivity index (χ2n) is 4.34. The SMILES string of the molecule is COc1cc(C)nc(CNc2ccc(OC)c(Br)c2)c1. The highest BCUT2D eigenvalue weighted by atomic mass is 79.9. The van der Waals surface area contributed by atoms with Crippen molar-refractivity contribution in [1.82, 2.24) is 4.98 Å². The molecule has 106 valence electrons. The molecule has 5 heteroatoms. The zero-order chi connectivity index (χ0) is 14.5. The highest BCUT2D eigenvalue weighted by Crippen LogP contribution is 2.28. The zero-order valence-corrected chi connectivity index (χ0v) is 13.3. The van der Waals surface area contributed by atoms with Gasteiger partial charge in [0.1, 0.15) is 11.5 Å². The van der Waals surface area contributed by atoms with Crippen LogP contribution in [-0.2, 0) is 6.54 Å². The van der Waals surface area contributed by atoms with Crippen molar-refractivity contribution in [3.8, 4) is 11.5 Å². The number of hydrogen-bond donors (Lipinski definition) is 1. The molecular formula is C15H17BrN2O2. The van der Waals surface area contributed by atoms with Gasteiger partial charge >= 0.3 is 0 Å². The van der Waals surface area contributed by atoms with Gasteiger partial charge in [0.25, 0.3) is 0 Å². The van der Waals surface area contributed by atoms with E-state index in [-0.39, 0.29) is 0 Å². The Bertz CT molecular complexity index is 602. The fraction of sp³-hybridized carbons (Fsp3) is 0.267. The lowest BCUT2D eigenvalue weighted by atomic mass is 10.2. The number of halogens is 1. The third kappa shape index (κ3) is 3.63. The summed E-state index contributed by atoms with van der Waals surface area (Å²) in [5, 5.41) is 3.33. The lowest BCUT2D eigenvalue weighted by Gasteiger charge is -2.10. The van der Waals surface area contributed by atoms with Gasteiger partial charge in [-0.3, -0.25) is 4.98 Å². The molecular weight excluding hydrogens is 320 g/mol. The van der Waals surface area contributed by atoms with Gasteiger partial charge in [-0.25, -0.2) is 0 Å². The summed E-state index contributed by atoms with van der Waals surface area (Å²) in [5.41, 5.74) is 2.88. The van der Waals surface area contributed by atoms with Crippen LogP contribution in [-0.4, -0.2) is 19.2 Å². The van der Waals surface area contributed by atoms with E-state index in [2.05, 4.69) is 26.2 Å². The van der Waals surface area contributed by atoms with E-state index < -0.39 is 0 Å². The van der Waals surface area contributed by atoms with Gasteiger partial charge < -0.3 is 14.8 Å². The van der Waals surface area contributed by atoms with E-state index in [1.165, 1.54) is 0 Å². The lowest BCUT2D eigenvalue weighted by Crippen LogP contribution is -2.03. The van der Waals surface area contributed by atoms with Crippen LogP contribution in [0, 0.1) is 6.92 Å². The number of pyridine rings is 1. The first-order valence-electron chi connectivity index (χ1n) is 6.21. The van der Waals surface area contributed by atoms with Crippen molar-refractivity contribution in [3.63, 3.8) is 0 Å². The smallest absolute Gasteiger partial charge is 0.133 e. The van der Waals surface area contributed by atoms with Gasteiger partial charge in [-0.1, -0.05) is 0 Å². The molecule has 1 aromatic heterocycles. The minimum atomic E-state index is 0.636. The number of aryl methyl sites for hydroxylation is 1. The molecule has 2 aromatic rings. The molecule has 0 aliphatic heterocycles. The number of methoxy groups -OCH3 is 2. The van der Waals surface area contributed by atoms with Crippen molar-refractivity contribution in [1.29, 1.82) is 0 Å². The van der Waals surface area contributed by atoms with Crippen molar-refractivity contribution < 1.29 is 9.47 Å². The van der Waals surface area contributed by atoms with Crippen LogP contribution < -0.4 is 14.8 Å². The molecule has 1 heterocycles. The molecule has 0 saturated heterocycles. The first-order valence-corrected chi connectivity index (χ1v) is 7.00. The van der Waals surface area contributed by atoms with Gasteiger partial charge in [0.05, 0.1) is 30.9 Å². The summed E-state index contributed by atoms with van der Waals surface area (Å²) in [7, 11) is 3.31. The van der Waals surface area contributed by atoms with Crippen LogP contribution in [0.15, 0.2) is 34.8 Å². The van der Waals surface area contributed by atoms with E-state index in [9.17, 15) is 0 Å². The predicted molar refractivity (Wildman–Crippen MR) is 83.5 cm³/mol. The first kappa shape index (κ1) is 14.7. The number of ether oxygens (including phenoxy) is 2. The van der Waals surface area contributed by atoms with Gasteiger partial charge in [-0.05, 0) is 41.1 Å². The van der Waals surface area contributed by atoms with Gasteiger partial charge in [0.2, 0.25) is 0 Å². The number of aromatic nitrogens is 1. The summed E-state index contributed by atoms with van der Waals surface area (Å²) < 4.78 is 11.4. The average molecular weight is 337 g/mol. The van der Waals surface area contributed by atoms with E-state index in [0.717, 1.165) is 33.0 Å². The molecule has 0 atom stereocenters. The maximum atomic E-state index is 5.25. The monoisotopic (exact) mass is 336 g/mol. The predicted octanol–water partition coefficient (Wildman–Crippen LogP) is 3.78. The minimum Gasteiger partial charge on any atom is -0.497 e.